The number of amides is 1. The number of sulfonamides is 2. The van der Waals surface area contributed by atoms with Gasteiger partial charge in [-0.05, 0) is 61.0 Å². The third kappa shape index (κ3) is 7.04. The van der Waals surface area contributed by atoms with E-state index in [0.717, 1.165) is 17.4 Å². The predicted octanol–water partition coefficient (Wildman–Crippen LogP) is 2.63. The van der Waals surface area contributed by atoms with Crippen LogP contribution >= 0.6 is 0 Å². The van der Waals surface area contributed by atoms with Crippen molar-refractivity contribution in [1.29, 1.82) is 0 Å². The number of ether oxygens (including phenoxy) is 1. The molecule has 0 aromatic heterocycles. The number of carbonyl (C=O) groups excluding carboxylic acids is 1. The second-order valence-corrected chi connectivity index (χ2v) is 11.1. The fraction of sp³-hybridized carbons (Fsp3) is 0.174. The third-order valence-electron chi connectivity index (χ3n) is 4.81. The van der Waals surface area contributed by atoms with Gasteiger partial charge in [-0.1, -0.05) is 29.8 Å². The molecule has 0 aliphatic rings. The Morgan fingerprint density at radius 3 is 2.03 bits per heavy atom. The van der Waals surface area contributed by atoms with Crippen LogP contribution in [0.3, 0.4) is 0 Å². The monoisotopic (exact) mass is 503 g/mol. The number of nitrogens with one attached hydrogen (secondary N) is 1. The average molecular weight is 504 g/mol. The highest BCUT2D eigenvalue weighted by molar-refractivity contribution is 7.92. The van der Waals surface area contributed by atoms with E-state index in [1.807, 2.05) is 31.2 Å². The number of aryl methyl sites for hydroxylation is 1. The van der Waals surface area contributed by atoms with Crippen molar-refractivity contribution >= 4 is 37.3 Å². The number of nitrogens with zero attached hydrogens (tertiary/aromatic N) is 1. The van der Waals surface area contributed by atoms with Gasteiger partial charge >= 0.3 is 0 Å². The molecule has 0 unspecified atom stereocenters. The summed E-state index contributed by atoms with van der Waals surface area (Å²) in [6.45, 7) is 1.85. The minimum Gasteiger partial charge on any atom is -0.484 e. The quantitative estimate of drug-likeness (QED) is 0.461. The second kappa shape index (κ2) is 10.2. The zero-order chi connectivity index (χ0) is 24.9. The lowest BCUT2D eigenvalue weighted by atomic mass is 10.1. The van der Waals surface area contributed by atoms with Crippen molar-refractivity contribution < 1.29 is 26.4 Å². The number of anilines is 2. The molecule has 3 rings (SSSR count). The van der Waals surface area contributed by atoms with Crippen molar-refractivity contribution in [2.45, 2.75) is 18.4 Å². The smallest absolute Gasteiger partial charge is 0.262 e. The SMILES string of the molecule is Cc1ccc(CN(c2ccc(OCC(=O)Nc3ccc(S(N)(=O)=O)cc3)cc2)S(C)(=O)=O)cc1. The molecule has 0 aliphatic heterocycles. The van der Waals surface area contributed by atoms with Crippen LogP contribution in [-0.2, 0) is 31.4 Å². The van der Waals surface area contributed by atoms with Crippen molar-refractivity contribution in [3.8, 4) is 5.75 Å². The molecular formula is C23H25N3O6S2. The van der Waals surface area contributed by atoms with E-state index in [9.17, 15) is 21.6 Å². The van der Waals surface area contributed by atoms with E-state index in [4.69, 9.17) is 9.88 Å². The van der Waals surface area contributed by atoms with Gasteiger partial charge in [0.25, 0.3) is 5.91 Å². The average Bonchev–Trinajstić information content (AvgIpc) is 2.77. The highest BCUT2D eigenvalue weighted by Crippen LogP contribution is 2.24. The van der Waals surface area contributed by atoms with Crippen LogP contribution in [0.2, 0.25) is 0 Å². The fourth-order valence-corrected chi connectivity index (χ4v) is 4.45. The molecule has 0 atom stereocenters. The summed E-state index contributed by atoms with van der Waals surface area (Å²) in [5, 5.41) is 7.63. The van der Waals surface area contributed by atoms with Gasteiger partial charge in [0.1, 0.15) is 5.75 Å². The highest BCUT2D eigenvalue weighted by Gasteiger charge is 2.18. The summed E-state index contributed by atoms with van der Waals surface area (Å²) in [5.74, 6) is -0.0724. The van der Waals surface area contributed by atoms with Gasteiger partial charge in [0.05, 0.1) is 23.4 Å². The van der Waals surface area contributed by atoms with Crippen LogP contribution in [0.4, 0.5) is 11.4 Å². The molecule has 0 bridgehead atoms. The topological polar surface area (TPSA) is 136 Å². The van der Waals surface area contributed by atoms with Gasteiger partial charge in [-0.3, -0.25) is 9.10 Å². The molecule has 11 heteroatoms. The van der Waals surface area contributed by atoms with Crippen molar-refractivity contribution in [2.24, 2.45) is 5.14 Å². The van der Waals surface area contributed by atoms with E-state index < -0.39 is 26.0 Å². The molecule has 180 valence electrons. The lowest BCUT2D eigenvalue weighted by Gasteiger charge is -2.23. The van der Waals surface area contributed by atoms with E-state index >= 15 is 0 Å². The van der Waals surface area contributed by atoms with Crippen LogP contribution in [0.25, 0.3) is 0 Å². The summed E-state index contributed by atoms with van der Waals surface area (Å²) in [7, 11) is -7.34. The summed E-state index contributed by atoms with van der Waals surface area (Å²) in [4.78, 5) is 12.1. The highest BCUT2D eigenvalue weighted by atomic mass is 32.2. The molecule has 0 radical (unpaired) electrons. The number of primary sulfonamides is 1. The molecule has 0 heterocycles. The summed E-state index contributed by atoms with van der Waals surface area (Å²) < 4.78 is 54.0. The first kappa shape index (κ1) is 25.2. The standard InChI is InChI=1S/C23H25N3O6S2/c1-17-3-5-18(6-4-17)15-26(33(2,28)29)20-9-11-21(12-10-20)32-16-23(27)25-19-7-13-22(14-8-19)34(24,30)31/h3-14H,15-16H2,1-2H3,(H,25,27)(H2,24,30,31). The molecule has 0 aliphatic carbocycles. The van der Waals surface area contributed by atoms with Crippen molar-refractivity contribution in [1.82, 2.24) is 0 Å². The minimum atomic E-state index is -3.81. The first-order valence-electron chi connectivity index (χ1n) is 10.1. The zero-order valence-electron chi connectivity index (χ0n) is 18.6. The summed E-state index contributed by atoms with van der Waals surface area (Å²) in [6, 6.07) is 19.4. The number of rotatable bonds is 9. The fourth-order valence-electron chi connectivity index (χ4n) is 3.04. The van der Waals surface area contributed by atoms with Gasteiger partial charge in [-0.25, -0.2) is 22.0 Å². The molecule has 0 saturated heterocycles. The Kier molecular flexibility index (Phi) is 7.60. The number of carbonyl (C=O) groups is 1. The van der Waals surface area contributed by atoms with Crippen LogP contribution < -0.4 is 19.5 Å². The van der Waals surface area contributed by atoms with Gasteiger partial charge in [0.15, 0.2) is 6.61 Å². The van der Waals surface area contributed by atoms with E-state index in [2.05, 4.69) is 5.32 Å². The van der Waals surface area contributed by atoms with Gasteiger partial charge in [0.2, 0.25) is 20.0 Å². The molecule has 9 nitrogen and oxygen atoms in total. The molecule has 3 aromatic rings. The lowest BCUT2D eigenvalue weighted by Crippen LogP contribution is -2.29. The van der Waals surface area contributed by atoms with E-state index in [1.165, 1.54) is 28.6 Å². The van der Waals surface area contributed by atoms with Crippen LogP contribution in [0, 0.1) is 6.92 Å². The first-order valence-corrected chi connectivity index (χ1v) is 13.5. The maximum absolute atomic E-state index is 12.4. The van der Waals surface area contributed by atoms with E-state index in [0.29, 0.717) is 17.1 Å². The van der Waals surface area contributed by atoms with Crippen LogP contribution in [0.5, 0.6) is 5.75 Å². The normalized spacial score (nSPS) is 11.6. The first-order chi connectivity index (χ1) is 15.9. The summed E-state index contributed by atoms with van der Waals surface area (Å²) >= 11 is 0. The Morgan fingerprint density at radius 2 is 1.50 bits per heavy atom. The van der Waals surface area contributed by atoms with Crippen LogP contribution in [0.15, 0.2) is 77.7 Å². The van der Waals surface area contributed by atoms with E-state index in [-0.39, 0.29) is 18.0 Å². The van der Waals surface area contributed by atoms with Gasteiger partial charge < -0.3 is 10.1 Å². The third-order valence-corrected chi connectivity index (χ3v) is 6.88. The Bertz CT molecular complexity index is 1350. The van der Waals surface area contributed by atoms with Crippen LogP contribution in [-0.4, -0.2) is 35.6 Å². The maximum Gasteiger partial charge on any atom is 0.262 e. The Balaban J connectivity index is 1.61. The van der Waals surface area contributed by atoms with Gasteiger partial charge in [-0.2, -0.15) is 0 Å². The largest absolute Gasteiger partial charge is 0.484 e. The van der Waals surface area contributed by atoms with E-state index in [1.54, 1.807) is 24.3 Å². The molecule has 0 fully saturated rings. The van der Waals surface area contributed by atoms with Crippen molar-refractivity contribution in [3.63, 3.8) is 0 Å². The predicted molar refractivity (Wildman–Crippen MR) is 131 cm³/mol. The zero-order valence-corrected chi connectivity index (χ0v) is 20.3. The van der Waals surface area contributed by atoms with Gasteiger partial charge in [-0.15, -0.1) is 0 Å². The maximum atomic E-state index is 12.4. The molecule has 1 amide bonds. The Morgan fingerprint density at radius 1 is 0.912 bits per heavy atom. The molecule has 3 aromatic carbocycles. The molecular weight excluding hydrogens is 478 g/mol. The molecule has 34 heavy (non-hydrogen) atoms. The summed E-state index contributed by atoms with van der Waals surface area (Å²) in [5.41, 5.74) is 2.79. The number of nitrogens with two attached hydrogens (primary N) is 1. The van der Waals surface area contributed by atoms with Crippen molar-refractivity contribution in [3.05, 3.63) is 83.9 Å². The lowest BCUT2D eigenvalue weighted by molar-refractivity contribution is -0.118. The molecule has 0 spiro atoms. The Labute approximate surface area is 199 Å². The van der Waals surface area contributed by atoms with Crippen LogP contribution in [0.1, 0.15) is 11.1 Å². The molecule has 0 saturated carbocycles. The molecule has 3 N–H and O–H groups in total. The van der Waals surface area contributed by atoms with Gasteiger partial charge in [0, 0.05) is 5.69 Å². The number of hydrogen-bond donors (Lipinski definition) is 2. The number of benzene rings is 3. The summed E-state index contributed by atoms with van der Waals surface area (Å²) in [6.07, 6.45) is 1.14. The van der Waals surface area contributed by atoms with Crippen molar-refractivity contribution in [2.75, 3.05) is 22.5 Å². The second-order valence-electron chi connectivity index (χ2n) is 7.66. The minimum absolute atomic E-state index is 0.0626. The Hall–Kier alpha value is -3.41. The number of hydrogen-bond acceptors (Lipinski definition) is 6.